The molecule has 2 fully saturated rings. The molecule has 1 aromatic heterocycles. The van der Waals surface area contributed by atoms with E-state index in [2.05, 4.69) is 5.32 Å². The number of nitrogens with zero attached hydrogens (tertiary/aromatic N) is 3. The smallest absolute Gasteiger partial charge is 0.293 e. The van der Waals surface area contributed by atoms with Gasteiger partial charge in [-0.15, -0.1) is 0 Å². The van der Waals surface area contributed by atoms with Gasteiger partial charge in [-0.05, 0) is 44.7 Å². The third-order valence-electron chi connectivity index (χ3n) is 6.69. The molecule has 6 nitrogen and oxygen atoms in total. The topological polar surface area (TPSA) is 67.2 Å². The molecule has 1 saturated heterocycles. The summed E-state index contributed by atoms with van der Waals surface area (Å²) < 4.78 is 1.79. The largest absolute Gasteiger partial charge is 0.353 e. The molecule has 6 heteroatoms. The summed E-state index contributed by atoms with van der Waals surface area (Å²) in [6.45, 7) is 3.94. The zero-order chi connectivity index (χ0) is 20.9. The first kappa shape index (κ1) is 20.9. The number of carbonyl (C=O) groups excluding carboxylic acids is 1. The van der Waals surface area contributed by atoms with Gasteiger partial charge in [-0.1, -0.05) is 44.2 Å². The van der Waals surface area contributed by atoms with E-state index in [9.17, 15) is 9.59 Å². The molecule has 30 heavy (non-hydrogen) atoms. The van der Waals surface area contributed by atoms with Crippen molar-refractivity contribution in [1.29, 1.82) is 0 Å². The van der Waals surface area contributed by atoms with E-state index in [-0.39, 0.29) is 17.4 Å². The van der Waals surface area contributed by atoms with Gasteiger partial charge in [0.2, 0.25) is 5.91 Å². The van der Waals surface area contributed by atoms with E-state index in [1.165, 1.54) is 32.1 Å². The van der Waals surface area contributed by atoms with Gasteiger partial charge in [0, 0.05) is 25.7 Å². The molecule has 1 amide bonds. The van der Waals surface area contributed by atoms with Crippen molar-refractivity contribution >= 4 is 22.8 Å². The number of fused-ring (bicyclic) bond motifs is 1. The third-order valence-corrected chi connectivity index (χ3v) is 6.69. The first-order chi connectivity index (χ1) is 14.7. The molecule has 2 aromatic rings. The molecule has 4 rings (SSSR count). The monoisotopic (exact) mass is 410 g/mol. The lowest BCUT2D eigenvalue weighted by molar-refractivity contribution is -0.126. The quantitative estimate of drug-likeness (QED) is 0.831. The van der Waals surface area contributed by atoms with Crippen molar-refractivity contribution in [1.82, 2.24) is 14.9 Å². The molecule has 1 unspecified atom stereocenters. The van der Waals surface area contributed by atoms with Crippen molar-refractivity contribution in [2.24, 2.45) is 5.92 Å². The fraction of sp³-hybridized carbons (Fsp3) is 0.625. The lowest BCUT2D eigenvalue weighted by atomic mass is 9.94. The highest BCUT2D eigenvalue weighted by molar-refractivity contribution is 5.80. The minimum Gasteiger partial charge on any atom is -0.353 e. The second kappa shape index (κ2) is 9.63. The number of para-hydroxylation sites is 2. The van der Waals surface area contributed by atoms with Crippen molar-refractivity contribution in [3.8, 4) is 0 Å². The zero-order valence-corrected chi connectivity index (χ0v) is 18.1. The lowest BCUT2D eigenvalue weighted by Crippen LogP contribution is -2.47. The average molecular weight is 411 g/mol. The minimum atomic E-state index is -0.0769. The number of piperidine rings is 1. The molecule has 2 heterocycles. The number of aryl methyl sites for hydroxylation is 1. The number of benzene rings is 1. The van der Waals surface area contributed by atoms with Gasteiger partial charge < -0.3 is 14.8 Å². The van der Waals surface area contributed by atoms with Crippen LogP contribution in [0.3, 0.4) is 0 Å². The highest BCUT2D eigenvalue weighted by Crippen LogP contribution is 2.23. The summed E-state index contributed by atoms with van der Waals surface area (Å²) in [6.07, 6.45) is 10.3. The molecule has 1 aliphatic carbocycles. The van der Waals surface area contributed by atoms with Crippen molar-refractivity contribution in [2.45, 2.75) is 77.3 Å². The molecule has 1 saturated carbocycles. The summed E-state index contributed by atoms with van der Waals surface area (Å²) in [5.74, 6) is 0.563. The number of amides is 1. The normalized spacial score (nSPS) is 21.2. The maximum atomic E-state index is 13.1. The molecule has 2 aliphatic rings. The predicted octanol–water partition coefficient (Wildman–Crippen LogP) is 3.86. The maximum Gasteiger partial charge on any atom is 0.293 e. The molecule has 0 spiro atoms. The van der Waals surface area contributed by atoms with Gasteiger partial charge in [-0.25, -0.2) is 4.98 Å². The van der Waals surface area contributed by atoms with Crippen LogP contribution in [0.4, 0.5) is 5.82 Å². The number of nitrogens with one attached hydrogen (secondary N) is 1. The number of aromatic nitrogens is 2. The fourth-order valence-electron chi connectivity index (χ4n) is 5.00. The first-order valence-electron chi connectivity index (χ1n) is 11.7. The van der Waals surface area contributed by atoms with Gasteiger partial charge in [-0.3, -0.25) is 9.59 Å². The van der Waals surface area contributed by atoms with Crippen LogP contribution in [0.1, 0.15) is 64.7 Å². The summed E-state index contributed by atoms with van der Waals surface area (Å²) in [5, 5.41) is 3.33. The summed E-state index contributed by atoms with van der Waals surface area (Å²) in [4.78, 5) is 32.9. The lowest BCUT2D eigenvalue weighted by Gasteiger charge is -2.33. The SMILES string of the molecule is CCn1c(=O)c(N2CCCC(C(=O)NC3CCCCCCC3)C2)nc2ccccc21. The molecular weight excluding hydrogens is 376 g/mol. The Hall–Kier alpha value is -2.37. The first-order valence-corrected chi connectivity index (χ1v) is 11.7. The van der Waals surface area contributed by atoms with Crippen LogP contribution in [0.5, 0.6) is 0 Å². The van der Waals surface area contributed by atoms with Gasteiger partial charge in [0.25, 0.3) is 5.56 Å². The van der Waals surface area contributed by atoms with E-state index < -0.39 is 0 Å². The van der Waals surface area contributed by atoms with Crippen LogP contribution in [0, 0.1) is 5.92 Å². The van der Waals surface area contributed by atoms with Gasteiger partial charge in [-0.2, -0.15) is 0 Å². The van der Waals surface area contributed by atoms with Crippen LogP contribution >= 0.6 is 0 Å². The Labute approximate surface area is 178 Å². The number of anilines is 1. The standard InChI is InChI=1S/C24H34N4O2/c1-2-28-21-15-9-8-14-20(21)26-22(24(28)30)27-16-10-11-18(17-27)23(29)25-19-12-6-4-3-5-7-13-19/h8-9,14-15,18-19H,2-7,10-13,16-17H2,1H3,(H,25,29). The van der Waals surface area contributed by atoms with Gasteiger partial charge >= 0.3 is 0 Å². The van der Waals surface area contributed by atoms with Crippen molar-refractivity contribution in [2.75, 3.05) is 18.0 Å². The van der Waals surface area contributed by atoms with E-state index in [1.807, 2.05) is 36.1 Å². The fourth-order valence-corrected chi connectivity index (χ4v) is 5.00. The molecule has 0 bridgehead atoms. The Bertz CT molecular complexity index is 930. The van der Waals surface area contributed by atoms with Crippen LogP contribution < -0.4 is 15.8 Å². The van der Waals surface area contributed by atoms with Crippen molar-refractivity contribution < 1.29 is 4.79 Å². The molecule has 1 atom stereocenters. The third kappa shape index (κ3) is 4.52. The van der Waals surface area contributed by atoms with Crippen LogP contribution in [0.2, 0.25) is 0 Å². The van der Waals surface area contributed by atoms with Gasteiger partial charge in [0.05, 0.1) is 17.0 Å². The van der Waals surface area contributed by atoms with Gasteiger partial charge in [0.1, 0.15) is 0 Å². The second-order valence-corrected chi connectivity index (χ2v) is 8.81. The highest BCUT2D eigenvalue weighted by Gasteiger charge is 2.29. The van der Waals surface area contributed by atoms with Crippen LogP contribution in [-0.2, 0) is 11.3 Å². The van der Waals surface area contributed by atoms with E-state index in [1.54, 1.807) is 4.57 Å². The Morgan fingerprint density at radius 1 is 1.07 bits per heavy atom. The van der Waals surface area contributed by atoms with Gasteiger partial charge in [0.15, 0.2) is 5.82 Å². The number of rotatable bonds is 4. The zero-order valence-electron chi connectivity index (χ0n) is 18.1. The Balaban J connectivity index is 1.50. The summed E-state index contributed by atoms with van der Waals surface area (Å²) in [5.41, 5.74) is 1.64. The molecule has 1 aliphatic heterocycles. The number of carbonyl (C=O) groups is 1. The summed E-state index contributed by atoms with van der Waals surface area (Å²) in [7, 11) is 0. The van der Waals surface area contributed by atoms with E-state index >= 15 is 0 Å². The van der Waals surface area contributed by atoms with Crippen LogP contribution in [0.15, 0.2) is 29.1 Å². The predicted molar refractivity (Wildman–Crippen MR) is 121 cm³/mol. The average Bonchev–Trinajstić information content (AvgIpc) is 2.75. The van der Waals surface area contributed by atoms with E-state index in [0.29, 0.717) is 24.9 Å². The molecule has 162 valence electrons. The Morgan fingerprint density at radius 2 is 1.80 bits per heavy atom. The number of hydrogen-bond donors (Lipinski definition) is 1. The van der Waals surface area contributed by atoms with Crippen LogP contribution in [0.25, 0.3) is 11.0 Å². The minimum absolute atomic E-state index is 0.0581. The van der Waals surface area contributed by atoms with E-state index in [4.69, 9.17) is 4.98 Å². The maximum absolute atomic E-state index is 13.1. The second-order valence-electron chi connectivity index (χ2n) is 8.81. The Morgan fingerprint density at radius 3 is 2.57 bits per heavy atom. The van der Waals surface area contributed by atoms with Crippen molar-refractivity contribution in [3.05, 3.63) is 34.6 Å². The molecule has 1 aromatic carbocycles. The van der Waals surface area contributed by atoms with E-state index in [0.717, 1.165) is 43.3 Å². The molecule has 0 radical (unpaired) electrons. The molecule has 1 N–H and O–H groups in total. The summed E-state index contributed by atoms with van der Waals surface area (Å²) in [6, 6.07) is 8.09. The number of hydrogen-bond acceptors (Lipinski definition) is 4. The summed E-state index contributed by atoms with van der Waals surface area (Å²) >= 11 is 0. The highest BCUT2D eigenvalue weighted by atomic mass is 16.2. The van der Waals surface area contributed by atoms with Crippen LogP contribution in [-0.4, -0.2) is 34.6 Å². The Kier molecular flexibility index (Phi) is 6.70. The molecular formula is C24H34N4O2. The van der Waals surface area contributed by atoms with Crippen molar-refractivity contribution in [3.63, 3.8) is 0 Å².